The number of pyridine rings is 1. The van der Waals surface area contributed by atoms with Crippen molar-refractivity contribution < 1.29 is 0 Å². The molecule has 0 bridgehead atoms. The van der Waals surface area contributed by atoms with E-state index in [4.69, 9.17) is 5.10 Å². The van der Waals surface area contributed by atoms with Crippen LogP contribution in [0.1, 0.15) is 18.4 Å². The third-order valence-electron chi connectivity index (χ3n) is 5.19. The molecule has 4 aromatic rings. The van der Waals surface area contributed by atoms with Crippen LogP contribution in [0, 0.1) is 0 Å². The fourth-order valence-electron chi connectivity index (χ4n) is 3.73. The zero-order valence-electron chi connectivity index (χ0n) is 15.1. The Labute approximate surface area is 158 Å². The molecule has 0 atom stereocenters. The van der Waals surface area contributed by atoms with Crippen LogP contribution in [0.5, 0.6) is 0 Å². The molecule has 0 amide bonds. The van der Waals surface area contributed by atoms with Crippen molar-refractivity contribution in [3.05, 3.63) is 72.7 Å². The number of benzene rings is 1. The number of imidazole rings is 1. The van der Waals surface area contributed by atoms with E-state index in [1.54, 1.807) is 12.4 Å². The van der Waals surface area contributed by atoms with Crippen molar-refractivity contribution in [2.24, 2.45) is 0 Å². The monoisotopic (exact) mass is 355 g/mol. The van der Waals surface area contributed by atoms with Gasteiger partial charge in [0.1, 0.15) is 0 Å². The fourth-order valence-corrected chi connectivity index (χ4v) is 3.73. The summed E-state index contributed by atoms with van der Waals surface area (Å²) in [5.74, 6) is 0. The molecule has 0 unspecified atom stereocenters. The largest absolute Gasteiger partial charge is 0.299 e. The van der Waals surface area contributed by atoms with E-state index >= 15 is 0 Å². The van der Waals surface area contributed by atoms with Crippen molar-refractivity contribution in [2.75, 3.05) is 13.1 Å². The van der Waals surface area contributed by atoms with Gasteiger partial charge in [0, 0.05) is 30.1 Å². The summed E-state index contributed by atoms with van der Waals surface area (Å²) in [6.07, 6.45) is 8.12. The summed E-state index contributed by atoms with van der Waals surface area (Å²) in [6.45, 7) is 3.48. The van der Waals surface area contributed by atoms with Crippen molar-refractivity contribution >= 4 is 5.65 Å². The van der Waals surface area contributed by atoms with Gasteiger partial charge in [0.25, 0.3) is 0 Å². The van der Waals surface area contributed by atoms with Crippen molar-refractivity contribution in [2.45, 2.75) is 19.4 Å². The normalized spacial score (nSPS) is 14.8. The summed E-state index contributed by atoms with van der Waals surface area (Å²) in [4.78, 5) is 11.1. The predicted octanol–water partition coefficient (Wildman–Crippen LogP) is 4.05. The second-order valence-corrected chi connectivity index (χ2v) is 7.05. The van der Waals surface area contributed by atoms with Crippen molar-refractivity contribution in [1.29, 1.82) is 0 Å². The maximum atomic E-state index is 4.81. The maximum Gasteiger partial charge on any atom is 0.154 e. The van der Waals surface area contributed by atoms with E-state index in [2.05, 4.69) is 39.1 Å². The van der Waals surface area contributed by atoms with Crippen LogP contribution in [0.15, 0.2) is 67.1 Å². The fraction of sp³-hybridized carbons (Fsp3) is 0.227. The molecule has 5 rings (SSSR count). The molecule has 5 nitrogen and oxygen atoms in total. The molecule has 0 spiro atoms. The molecule has 1 aliphatic rings. The van der Waals surface area contributed by atoms with Crippen molar-refractivity contribution in [1.82, 2.24) is 24.5 Å². The van der Waals surface area contributed by atoms with Gasteiger partial charge in [-0.25, -0.2) is 9.50 Å². The van der Waals surface area contributed by atoms with Gasteiger partial charge >= 0.3 is 0 Å². The Morgan fingerprint density at radius 1 is 0.815 bits per heavy atom. The van der Waals surface area contributed by atoms with E-state index in [0.29, 0.717) is 0 Å². The van der Waals surface area contributed by atoms with Gasteiger partial charge in [-0.3, -0.25) is 9.88 Å². The van der Waals surface area contributed by atoms with E-state index in [1.165, 1.54) is 31.5 Å². The second kappa shape index (κ2) is 6.93. The molecule has 27 heavy (non-hydrogen) atoms. The lowest BCUT2D eigenvalue weighted by molar-refractivity contribution is 0.331. The molecule has 0 saturated carbocycles. The van der Waals surface area contributed by atoms with Gasteiger partial charge in [-0.15, -0.1) is 0 Å². The zero-order valence-corrected chi connectivity index (χ0v) is 15.1. The van der Waals surface area contributed by atoms with Crippen LogP contribution >= 0.6 is 0 Å². The van der Waals surface area contributed by atoms with Crippen LogP contribution in [-0.2, 0) is 6.54 Å². The lowest BCUT2D eigenvalue weighted by atomic mass is 10.1. The van der Waals surface area contributed by atoms with Crippen LogP contribution in [0.25, 0.3) is 28.2 Å². The first-order valence-electron chi connectivity index (χ1n) is 9.44. The number of hydrogen-bond donors (Lipinski definition) is 0. The third kappa shape index (κ3) is 3.22. The van der Waals surface area contributed by atoms with Gasteiger partial charge in [-0.05, 0) is 55.8 Å². The summed E-state index contributed by atoms with van der Waals surface area (Å²) < 4.78 is 1.92. The highest BCUT2D eigenvalue weighted by atomic mass is 15.3. The van der Waals surface area contributed by atoms with E-state index in [-0.39, 0.29) is 0 Å². The number of nitrogens with zero attached hydrogens (tertiary/aromatic N) is 5. The Hall–Kier alpha value is -3.05. The Morgan fingerprint density at radius 3 is 2.37 bits per heavy atom. The van der Waals surface area contributed by atoms with Crippen molar-refractivity contribution in [3.8, 4) is 22.5 Å². The first-order chi connectivity index (χ1) is 13.4. The molecular weight excluding hydrogens is 334 g/mol. The van der Waals surface area contributed by atoms with Crippen LogP contribution < -0.4 is 0 Å². The first-order valence-corrected chi connectivity index (χ1v) is 9.44. The van der Waals surface area contributed by atoms with Gasteiger partial charge in [0.2, 0.25) is 0 Å². The van der Waals surface area contributed by atoms with Gasteiger partial charge < -0.3 is 0 Å². The predicted molar refractivity (Wildman–Crippen MR) is 106 cm³/mol. The Morgan fingerprint density at radius 2 is 1.59 bits per heavy atom. The first kappa shape index (κ1) is 16.1. The minimum absolute atomic E-state index is 0.851. The van der Waals surface area contributed by atoms with E-state index in [0.717, 1.165) is 34.7 Å². The van der Waals surface area contributed by atoms with Crippen LogP contribution in [0.3, 0.4) is 0 Å². The molecule has 0 N–H and O–H groups in total. The number of fused-ring (bicyclic) bond motifs is 1. The van der Waals surface area contributed by atoms with Gasteiger partial charge in [-0.2, -0.15) is 5.10 Å². The maximum absolute atomic E-state index is 4.81. The molecule has 3 aromatic heterocycles. The summed E-state index contributed by atoms with van der Waals surface area (Å²) in [5, 5.41) is 4.81. The second-order valence-electron chi connectivity index (χ2n) is 7.05. The Balaban J connectivity index is 1.47. The molecule has 1 fully saturated rings. The molecule has 1 saturated heterocycles. The summed E-state index contributed by atoms with van der Waals surface area (Å²) in [5.41, 5.74) is 6.31. The Bertz CT molecular complexity index is 1050. The zero-order chi connectivity index (χ0) is 18.1. The van der Waals surface area contributed by atoms with Gasteiger partial charge in [-0.1, -0.05) is 24.3 Å². The lowest BCUT2D eigenvalue weighted by Gasteiger charge is -2.14. The minimum atomic E-state index is 0.851. The smallest absolute Gasteiger partial charge is 0.154 e. The van der Waals surface area contributed by atoms with Crippen LogP contribution in [0.2, 0.25) is 0 Å². The number of likely N-dealkylation sites (tertiary alicyclic amines) is 1. The van der Waals surface area contributed by atoms with Gasteiger partial charge in [0.05, 0.1) is 17.6 Å². The molecule has 0 aliphatic carbocycles. The standard InChI is InChI=1S/C22H21N5/c1-2-14-26(13-1)16-17-3-5-19(6-4-17)21-15-24-22-8-7-20(25-27(21)22)18-9-11-23-12-10-18/h3-12,15H,1-2,13-14,16H2. The topological polar surface area (TPSA) is 46.3 Å². The molecule has 0 radical (unpaired) electrons. The van der Waals surface area contributed by atoms with E-state index < -0.39 is 0 Å². The van der Waals surface area contributed by atoms with E-state index in [9.17, 15) is 0 Å². The molecular formula is C22H21N5. The Kier molecular flexibility index (Phi) is 4.14. The van der Waals surface area contributed by atoms with Crippen LogP contribution in [-0.4, -0.2) is 37.6 Å². The molecule has 5 heteroatoms. The highest BCUT2D eigenvalue weighted by molar-refractivity contribution is 5.65. The number of aromatic nitrogens is 4. The quantitative estimate of drug-likeness (QED) is 0.554. The minimum Gasteiger partial charge on any atom is -0.299 e. The van der Waals surface area contributed by atoms with Crippen molar-refractivity contribution in [3.63, 3.8) is 0 Å². The highest BCUT2D eigenvalue weighted by Gasteiger charge is 2.13. The molecule has 134 valence electrons. The number of hydrogen-bond acceptors (Lipinski definition) is 4. The lowest BCUT2D eigenvalue weighted by Crippen LogP contribution is -2.18. The van der Waals surface area contributed by atoms with Crippen LogP contribution in [0.4, 0.5) is 0 Å². The number of rotatable bonds is 4. The highest BCUT2D eigenvalue weighted by Crippen LogP contribution is 2.24. The average Bonchev–Trinajstić information content (AvgIpc) is 3.39. The summed E-state index contributed by atoms with van der Waals surface area (Å²) in [7, 11) is 0. The van der Waals surface area contributed by atoms with Gasteiger partial charge in [0.15, 0.2) is 5.65 Å². The average molecular weight is 355 g/mol. The molecule has 1 aliphatic heterocycles. The SMILES string of the molecule is c1cc(-c2ccc3ncc(-c4ccc(CN5CCCC5)cc4)n3n2)ccn1. The molecule has 1 aromatic carbocycles. The summed E-state index contributed by atoms with van der Waals surface area (Å²) >= 11 is 0. The molecule has 4 heterocycles. The summed E-state index contributed by atoms with van der Waals surface area (Å²) in [6, 6.07) is 16.7. The third-order valence-corrected chi connectivity index (χ3v) is 5.19. The van der Waals surface area contributed by atoms with E-state index in [1.807, 2.05) is 35.0 Å².